The summed E-state index contributed by atoms with van der Waals surface area (Å²) in [6, 6.07) is 5.48. The Morgan fingerprint density at radius 2 is 2.07 bits per heavy atom. The molecule has 0 spiro atoms. The van der Waals surface area contributed by atoms with Gasteiger partial charge in [-0.1, -0.05) is 26.0 Å². The molecule has 0 atom stereocenters. The molecule has 0 aromatic heterocycles. The van der Waals surface area contributed by atoms with Crippen LogP contribution in [0.1, 0.15) is 42.6 Å². The topological polar surface area (TPSA) is 46.2 Å². The van der Waals surface area contributed by atoms with Gasteiger partial charge in [0.2, 0.25) is 5.91 Å². The highest BCUT2D eigenvalue weighted by Gasteiger charge is 2.10. The predicted octanol–water partition coefficient (Wildman–Crippen LogP) is 2.58. The third kappa shape index (κ3) is 2.65. The Hall–Kier alpha value is -1.64. The quantitative estimate of drug-likeness (QED) is 0.771. The Morgan fingerprint density at radius 1 is 1.40 bits per heavy atom. The summed E-state index contributed by atoms with van der Waals surface area (Å²) in [6.07, 6.45) is 0.792. The van der Waals surface area contributed by atoms with E-state index >= 15 is 0 Å². The molecule has 0 radical (unpaired) electrons. The van der Waals surface area contributed by atoms with Crippen LogP contribution in [0.2, 0.25) is 0 Å². The van der Waals surface area contributed by atoms with Crippen LogP contribution in [0.4, 0.5) is 5.69 Å². The van der Waals surface area contributed by atoms with Gasteiger partial charge in [0.1, 0.15) is 0 Å². The minimum absolute atomic E-state index is 0.168. The molecule has 15 heavy (non-hydrogen) atoms. The van der Waals surface area contributed by atoms with Crippen LogP contribution < -0.4 is 5.32 Å². The Balaban J connectivity index is 3.21. The van der Waals surface area contributed by atoms with Gasteiger partial charge in [-0.15, -0.1) is 0 Å². The lowest BCUT2D eigenvalue weighted by atomic mass is 9.96. The highest BCUT2D eigenvalue weighted by atomic mass is 16.1. The van der Waals surface area contributed by atoms with Crippen LogP contribution in [0.15, 0.2) is 18.2 Å². The van der Waals surface area contributed by atoms with Gasteiger partial charge in [0, 0.05) is 12.5 Å². The molecule has 3 heteroatoms. The lowest BCUT2D eigenvalue weighted by molar-refractivity contribution is -0.114. The summed E-state index contributed by atoms with van der Waals surface area (Å²) in [5.74, 6) is 0.0953. The number of carbonyl (C=O) groups excluding carboxylic acids is 2. The SMILES string of the molecule is CC(=O)Nc1cccc(C(C)C)c1C=O. The summed E-state index contributed by atoms with van der Waals surface area (Å²) in [7, 11) is 0. The zero-order valence-electron chi connectivity index (χ0n) is 9.20. The molecule has 0 aliphatic carbocycles. The highest BCUT2D eigenvalue weighted by Crippen LogP contribution is 2.24. The van der Waals surface area contributed by atoms with E-state index in [4.69, 9.17) is 0 Å². The van der Waals surface area contributed by atoms with Crippen molar-refractivity contribution in [2.75, 3.05) is 5.32 Å². The van der Waals surface area contributed by atoms with Crippen molar-refractivity contribution >= 4 is 17.9 Å². The first-order valence-corrected chi connectivity index (χ1v) is 4.92. The standard InChI is InChI=1S/C12H15NO2/c1-8(2)10-5-4-6-12(11(10)7-14)13-9(3)15/h4-8H,1-3H3,(H,13,15). The van der Waals surface area contributed by atoms with E-state index in [2.05, 4.69) is 5.32 Å². The number of rotatable bonds is 3. The van der Waals surface area contributed by atoms with Crippen LogP contribution in [-0.4, -0.2) is 12.2 Å². The molecule has 0 aliphatic rings. The molecule has 0 saturated carbocycles. The van der Waals surface area contributed by atoms with E-state index in [1.165, 1.54) is 6.92 Å². The predicted molar refractivity (Wildman–Crippen MR) is 60.2 cm³/mol. The molecule has 0 fully saturated rings. The van der Waals surface area contributed by atoms with Crippen molar-refractivity contribution in [3.05, 3.63) is 29.3 Å². The van der Waals surface area contributed by atoms with Crippen molar-refractivity contribution in [3.63, 3.8) is 0 Å². The monoisotopic (exact) mass is 205 g/mol. The van der Waals surface area contributed by atoms with Gasteiger partial charge >= 0.3 is 0 Å². The summed E-state index contributed by atoms with van der Waals surface area (Å²) in [5, 5.41) is 2.65. The van der Waals surface area contributed by atoms with Crippen molar-refractivity contribution < 1.29 is 9.59 Å². The Bertz CT molecular complexity index is 383. The Kier molecular flexibility index (Phi) is 3.61. The number of nitrogens with one attached hydrogen (secondary N) is 1. The zero-order chi connectivity index (χ0) is 11.4. The van der Waals surface area contributed by atoms with Crippen LogP contribution in [0.3, 0.4) is 0 Å². The number of amides is 1. The van der Waals surface area contributed by atoms with E-state index in [-0.39, 0.29) is 11.8 Å². The van der Waals surface area contributed by atoms with Crippen molar-refractivity contribution in [3.8, 4) is 0 Å². The summed E-state index contributed by atoms with van der Waals surface area (Å²) in [4.78, 5) is 21.9. The van der Waals surface area contributed by atoms with Crippen molar-refractivity contribution in [1.29, 1.82) is 0 Å². The van der Waals surface area contributed by atoms with E-state index in [0.717, 1.165) is 11.8 Å². The number of carbonyl (C=O) groups is 2. The molecule has 3 nitrogen and oxygen atoms in total. The maximum Gasteiger partial charge on any atom is 0.221 e. The van der Waals surface area contributed by atoms with Gasteiger partial charge in [-0.3, -0.25) is 9.59 Å². The minimum atomic E-state index is -0.168. The number of anilines is 1. The first-order valence-electron chi connectivity index (χ1n) is 4.92. The average molecular weight is 205 g/mol. The summed E-state index contributed by atoms with van der Waals surface area (Å²) < 4.78 is 0. The van der Waals surface area contributed by atoms with Crippen molar-refractivity contribution in [2.24, 2.45) is 0 Å². The number of aldehydes is 1. The molecule has 80 valence electrons. The fourth-order valence-electron chi connectivity index (χ4n) is 1.52. The molecule has 0 unspecified atom stereocenters. The van der Waals surface area contributed by atoms with Gasteiger partial charge in [-0.25, -0.2) is 0 Å². The smallest absolute Gasteiger partial charge is 0.221 e. The molecule has 0 saturated heterocycles. The molecule has 0 aliphatic heterocycles. The molecule has 1 amide bonds. The van der Waals surface area contributed by atoms with E-state index in [9.17, 15) is 9.59 Å². The van der Waals surface area contributed by atoms with Gasteiger partial charge in [-0.2, -0.15) is 0 Å². The van der Waals surface area contributed by atoms with E-state index in [0.29, 0.717) is 11.3 Å². The summed E-state index contributed by atoms with van der Waals surface area (Å²) in [6.45, 7) is 5.45. The molecular formula is C12H15NO2. The molecule has 1 aromatic carbocycles. The van der Waals surface area contributed by atoms with Gasteiger partial charge in [0.15, 0.2) is 6.29 Å². The van der Waals surface area contributed by atoms with Gasteiger partial charge in [-0.05, 0) is 17.5 Å². The molecule has 0 bridgehead atoms. The number of hydrogen-bond donors (Lipinski definition) is 1. The van der Waals surface area contributed by atoms with Crippen LogP contribution in [-0.2, 0) is 4.79 Å². The first-order chi connectivity index (χ1) is 7.06. The van der Waals surface area contributed by atoms with Crippen molar-refractivity contribution in [2.45, 2.75) is 26.7 Å². The Morgan fingerprint density at radius 3 is 2.53 bits per heavy atom. The molecule has 0 heterocycles. The van der Waals surface area contributed by atoms with E-state index in [1.54, 1.807) is 6.07 Å². The lowest BCUT2D eigenvalue weighted by Gasteiger charge is -2.12. The maximum absolute atomic E-state index is 11.0. The third-order valence-electron chi connectivity index (χ3n) is 2.19. The minimum Gasteiger partial charge on any atom is -0.326 e. The van der Waals surface area contributed by atoms with Crippen molar-refractivity contribution in [1.82, 2.24) is 0 Å². The first kappa shape index (κ1) is 11.4. The van der Waals surface area contributed by atoms with Crippen LogP contribution in [0.25, 0.3) is 0 Å². The fraction of sp³-hybridized carbons (Fsp3) is 0.333. The number of hydrogen-bond acceptors (Lipinski definition) is 2. The molecular weight excluding hydrogens is 190 g/mol. The third-order valence-corrected chi connectivity index (χ3v) is 2.19. The maximum atomic E-state index is 11.0. The number of benzene rings is 1. The normalized spacial score (nSPS) is 10.1. The summed E-state index contributed by atoms with van der Waals surface area (Å²) >= 11 is 0. The summed E-state index contributed by atoms with van der Waals surface area (Å²) in [5.41, 5.74) is 2.11. The fourth-order valence-corrected chi connectivity index (χ4v) is 1.52. The Labute approximate surface area is 89.5 Å². The van der Waals surface area contributed by atoms with Gasteiger partial charge in [0.05, 0.1) is 5.69 Å². The molecule has 1 rings (SSSR count). The lowest BCUT2D eigenvalue weighted by Crippen LogP contribution is -2.09. The second-order valence-electron chi connectivity index (χ2n) is 3.76. The largest absolute Gasteiger partial charge is 0.326 e. The second kappa shape index (κ2) is 4.73. The average Bonchev–Trinajstić information content (AvgIpc) is 2.16. The van der Waals surface area contributed by atoms with Crippen LogP contribution in [0.5, 0.6) is 0 Å². The second-order valence-corrected chi connectivity index (χ2v) is 3.76. The molecule has 1 aromatic rings. The van der Waals surface area contributed by atoms with Crippen LogP contribution in [0, 0.1) is 0 Å². The van der Waals surface area contributed by atoms with Crippen LogP contribution >= 0.6 is 0 Å². The van der Waals surface area contributed by atoms with E-state index < -0.39 is 0 Å². The highest BCUT2D eigenvalue weighted by molar-refractivity contribution is 5.96. The zero-order valence-corrected chi connectivity index (χ0v) is 9.20. The van der Waals surface area contributed by atoms with Gasteiger partial charge in [0.25, 0.3) is 0 Å². The van der Waals surface area contributed by atoms with Gasteiger partial charge < -0.3 is 5.32 Å². The van der Waals surface area contributed by atoms with E-state index in [1.807, 2.05) is 26.0 Å². The molecule has 1 N–H and O–H groups in total.